The molecule has 0 bridgehead atoms. The predicted molar refractivity (Wildman–Crippen MR) is 81.5 cm³/mol. The molecule has 1 aliphatic heterocycles. The average Bonchev–Trinajstić information content (AvgIpc) is 3.19. The third-order valence-electron chi connectivity index (χ3n) is 3.75. The van der Waals surface area contributed by atoms with E-state index in [1.165, 1.54) is 6.20 Å². The zero-order chi connectivity index (χ0) is 15.5. The highest BCUT2D eigenvalue weighted by atomic mass is 32.1. The van der Waals surface area contributed by atoms with E-state index in [-0.39, 0.29) is 11.9 Å². The molecule has 22 heavy (non-hydrogen) atoms. The minimum absolute atomic E-state index is 0.0103. The van der Waals surface area contributed by atoms with Gasteiger partial charge in [0.1, 0.15) is 11.9 Å². The van der Waals surface area contributed by atoms with Crippen molar-refractivity contribution in [3.63, 3.8) is 0 Å². The van der Waals surface area contributed by atoms with Gasteiger partial charge >= 0.3 is 0 Å². The van der Waals surface area contributed by atoms with E-state index in [1.807, 2.05) is 17.2 Å². The van der Waals surface area contributed by atoms with Crippen LogP contribution in [0.25, 0.3) is 0 Å². The number of hydrogen-bond donors (Lipinski definition) is 2. The fourth-order valence-electron chi connectivity index (χ4n) is 2.71. The number of rotatable bonds is 5. The maximum absolute atomic E-state index is 13.7. The molecule has 2 aromatic heterocycles. The van der Waals surface area contributed by atoms with Gasteiger partial charge in [0, 0.05) is 37.3 Å². The van der Waals surface area contributed by atoms with Gasteiger partial charge < -0.3 is 5.32 Å². The quantitative estimate of drug-likeness (QED) is 0.875. The molecule has 0 spiro atoms. The van der Waals surface area contributed by atoms with Crippen LogP contribution in [0.5, 0.6) is 0 Å². The molecule has 6 nitrogen and oxygen atoms in total. The molecule has 0 radical (unpaired) electrons. The number of aryl methyl sites for hydroxylation is 1. The van der Waals surface area contributed by atoms with Crippen molar-refractivity contribution in [2.75, 3.05) is 13.1 Å². The number of halogens is 1. The highest BCUT2D eigenvalue weighted by Gasteiger charge is 2.32. The molecule has 2 aromatic rings. The standard InChI is InChI=1S/C14H18FN5OS/c1-9-18-11(8-22-9)7-20-6-10(15)4-12(20)5-16-14(21)13-2-3-17-19-13/h2-3,8,10,12H,4-7H2,1H3,(H,16,21)(H,17,19)/t10-,12-/m0/s1. The van der Waals surface area contributed by atoms with E-state index in [0.29, 0.717) is 31.7 Å². The Morgan fingerprint density at radius 3 is 3.18 bits per heavy atom. The van der Waals surface area contributed by atoms with Crippen molar-refractivity contribution in [1.29, 1.82) is 0 Å². The van der Waals surface area contributed by atoms with Crippen molar-refractivity contribution in [3.8, 4) is 0 Å². The Morgan fingerprint density at radius 2 is 2.50 bits per heavy atom. The summed E-state index contributed by atoms with van der Waals surface area (Å²) >= 11 is 1.59. The minimum Gasteiger partial charge on any atom is -0.349 e. The summed E-state index contributed by atoms with van der Waals surface area (Å²) in [5, 5.41) is 12.2. The number of H-pyrrole nitrogens is 1. The molecule has 1 amide bonds. The average molecular weight is 323 g/mol. The van der Waals surface area contributed by atoms with E-state index in [0.717, 1.165) is 10.7 Å². The van der Waals surface area contributed by atoms with Crippen molar-refractivity contribution >= 4 is 17.2 Å². The van der Waals surface area contributed by atoms with Crippen LogP contribution in [0, 0.1) is 6.92 Å². The van der Waals surface area contributed by atoms with Crippen LogP contribution in [-0.4, -0.2) is 51.3 Å². The number of thiazole rings is 1. The Bertz CT molecular complexity index is 629. The minimum atomic E-state index is -0.853. The smallest absolute Gasteiger partial charge is 0.269 e. The molecule has 0 unspecified atom stereocenters. The number of alkyl halides is 1. The lowest BCUT2D eigenvalue weighted by Gasteiger charge is -2.23. The van der Waals surface area contributed by atoms with Crippen LogP contribution in [0.2, 0.25) is 0 Å². The van der Waals surface area contributed by atoms with Crippen molar-refractivity contribution in [2.45, 2.75) is 32.1 Å². The summed E-state index contributed by atoms with van der Waals surface area (Å²) in [5.41, 5.74) is 1.37. The number of aromatic amines is 1. The number of hydrogen-bond acceptors (Lipinski definition) is 5. The highest BCUT2D eigenvalue weighted by Crippen LogP contribution is 2.23. The van der Waals surface area contributed by atoms with Gasteiger partial charge in [-0.1, -0.05) is 0 Å². The topological polar surface area (TPSA) is 73.9 Å². The maximum Gasteiger partial charge on any atom is 0.269 e. The van der Waals surface area contributed by atoms with E-state index in [9.17, 15) is 9.18 Å². The molecule has 1 fully saturated rings. The molecule has 3 rings (SSSR count). The van der Waals surface area contributed by atoms with E-state index in [2.05, 4.69) is 20.5 Å². The monoisotopic (exact) mass is 323 g/mol. The van der Waals surface area contributed by atoms with Crippen molar-refractivity contribution in [3.05, 3.63) is 34.0 Å². The number of nitrogens with zero attached hydrogens (tertiary/aromatic N) is 3. The molecule has 1 aliphatic rings. The number of aromatic nitrogens is 3. The van der Waals surface area contributed by atoms with Gasteiger partial charge in [-0.15, -0.1) is 11.3 Å². The zero-order valence-electron chi connectivity index (χ0n) is 12.3. The second-order valence-electron chi connectivity index (χ2n) is 5.45. The summed E-state index contributed by atoms with van der Waals surface area (Å²) in [7, 11) is 0. The van der Waals surface area contributed by atoms with E-state index < -0.39 is 6.17 Å². The van der Waals surface area contributed by atoms with Gasteiger partial charge in [-0.25, -0.2) is 9.37 Å². The van der Waals surface area contributed by atoms with E-state index >= 15 is 0 Å². The lowest BCUT2D eigenvalue weighted by Crippen LogP contribution is -2.40. The van der Waals surface area contributed by atoms with Crippen molar-refractivity contribution < 1.29 is 9.18 Å². The fraction of sp³-hybridized carbons (Fsp3) is 0.500. The summed E-state index contributed by atoms with van der Waals surface area (Å²) in [5.74, 6) is -0.218. The Morgan fingerprint density at radius 1 is 1.64 bits per heavy atom. The van der Waals surface area contributed by atoms with Crippen LogP contribution < -0.4 is 5.32 Å². The molecule has 0 aromatic carbocycles. The van der Waals surface area contributed by atoms with E-state index in [1.54, 1.807) is 17.4 Å². The summed E-state index contributed by atoms with van der Waals surface area (Å²) in [4.78, 5) is 18.4. The lowest BCUT2D eigenvalue weighted by atomic mass is 10.2. The number of nitrogens with one attached hydrogen (secondary N) is 2. The predicted octanol–water partition coefficient (Wildman–Crippen LogP) is 1.52. The second-order valence-corrected chi connectivity index (χ2v) is 6.52. The van der Waals surface area contributed by atoms with Crippen LogP contribution in [0.1, 0.15) is 27.6 Å². The molecular formula is C14H18FN5OS. The summed E-state index contributed by atoms with van der Waals surface area (Å²) in [6.07, 6.45) is 1.11. The van der Waals surface area contributed by atoms with Gasteiger partial charge in [-0.05, 0) is 19.4 Å². The molecule has 2 N–H and O–H groups in total. The molecule has 1 saturated heterocycles. The molecule has 8 heteroatoms. The van der Waals surface area contributed by atoms with Gasteiger partial charge in [-0.2, -0.15) is 5.10 Å². The van der Waals surface area contributed by atoms with Gasteiger partial charge in [0.05, 0.1) is 10.7 Å². The number of carbonyl (C=O) groups excluding carboxylic acids is 1. The molecule has 118 valence electrons. The summed E-state index contributed by atoms with van der Waals surface area (Å²) < 4.78 is 13.7. The van der Waals surface area contributed by atoms with Crippen LogP contribution in [0.15, 0.2) is 17.6 Å². The Balaban J connectivity index is 1.57. The first-order valence-corrected chi connectivity index (χ1v) is 8.06. The van der Waals surface area contributed by atoms with Gasteiger partial charge in [-0.3, -0.25) is 14.8 Å². The number of likely N-dealkylation sites (tertiary alicyclic amines) is 1. The number of amides is 1. The van der Waals surface area contributed by atoms with Gasteiger partial charge in [0.25, 0.3) is 5.91 Å². The van der Waals surface area contributed by atoms with Crippen LogP contribution >= 0.6 is 11.3 Å². The largest absolute Gasteiger partial charge is 0.349 e. The number of carbonyl (C=O) groups is 1. The zero-order valence-corrected chi connectivity index (χ0v) is 13.1. The van der Waals surface area contributed by atoms with Crippen molar-refractivity contribution in [1.82, 2.24) is 25.4 Å². The van der Waals surface area contributed by atoms with Crippen LogP contribution in [0.3, 0.4) is 0 Å². The second kappa shape index (κ2) is 6.53. The SMILES string of the molecule is Cc1nc(CN2C[C@@H](F)C[C@H]2CNC(=O)c2ccn[nH]2)cs1. The fourth-order valence-corrected chi connectivity index (χ4v) is 3.31. The van der Waals surface area contributed by atoms with Gasteiger partial charge in [0.2, 0.25) is 0 Å². The van der Waals surface area contributed by atoms with Gasteiger partial charge in [0.15, 0.2) is 0 Å². The lowest BCUT2D eigenvalue weighted by molar-refractivity contribution is 0.0934. The Kier molecular flexibility index (Phi) is 4.49. The first kappa shape index (κ1) is 15.1. The maximum atomic E-state index is 13.7. The molecule has 0 saturated carbocycles. The van der Waals surface area contributed by atoms with Crippen LogP contribution in [0.4, 0.5) is 4.39 Å². The highest BCUT2D eigenvalue weighted by molar-refractivity contribution is 7.09. The Hall–Kier alpha value is -1.80. The molecule has 0 aliphatic carbocycles. The molecule has 2 atom stereocenters. The molecular weight excluding hydrogens is 305 g/mol. The summed E-state index contributed by atoms with van der Waals surface area (Å²) in [6, 6.07) is 1.60. The third-order valence-corrected chi connectivity index (χ3v) is 4.57. The first-order valence-electron chi connectivity index (χ1n) is 7.18. The molecule has 3 heterocycles. The summed E-state index contributed by atoms with van der Waals surface area (Å²) in [6.45, 7) is 3.39. The third kappa shape index (κ3) is 3.50. The normalized spacial score (nSPS) is 22.1. The Labute approximate surface area is 131 Å². The van der Waals surface area contributed by atoms with Crippen LogP contribution in [-0.2, 0) is 6.54 Å². The first-order chi connectivity index (χ1) is 10.6. The van der Waals surface area contributed by atoms with Crippen molar-refractivity contribution in [2.24, 2.45) is 0 Å². The van der Waals surface area contributed by atoms with E-state index in [4.69, 9.17) is 0 Å².